The molecule has 3 heterocycles. The van der Waals surface area contributed by atoms with Gasteiger partial charge in [-0.1, -0.05) is 42.1 Å². The van der Waals surface area contributed by atoms with E-state index in [0.717, 1.165) is 33.3 Å². The van der Waals surface area contributed by atoms with Crippen molar-refractivity contribution in [1.29, 1.82) is 0 Å². The van der Waals surface area contributed by atoms with Crippen LogP contribution < -0.4 is 4.90 Å². The van der Waals surface area contributed by atoms with Crippen LogP contribution in [0.4, 0.5) is 5.13 Å². The molecule has 28 heavy (non-hydrogen) atoms. The summed E-state index contributed by atoms with van der Waals surface area (Å²) in [7, 11) is 3.93. The third-order valence-corrected chi connectivity index (χ3v) is 6.05. The number of hydrogen-bond acceptors (Lipinski definition) is 8. The highest BCUT2D eigenvalue weighted by molar-refractivity contribution is 7.98. The van der Waals surface area contributed by atoms with Gasteiger partial charge in [0.25, 0.3) is 0 Å². The first kappa shape index (κ1) is 18.7. The van der Waals surface area contributed by atoms with E-state index in [9.17, 15) is 0 Å². The fraction of sp³-hybridized carbons (Fsp3) is 0.263. The van der Waals surface area contributed by atoms with Crippen LogP contribution in [0.15, 0.2) is 52.2 Å². The summed E-state index contributed by atoms with van der Waals surface area (Å²) in [6.07, 6.45) is 1.68. The number of anilines is 1. The smallest absolute Gasteiger partial charge is 0.204 e. The fourth-order valence-electron chi connectivity index (χ4n) is 2.73. The number of thioether (sulfide) groups is 1. The molecule has 9 heteroatoms. The highest BCUT2D eigenvalue weighted by Gasteiger charge is 2.18. The quantitative estimate of drug-likeness (QED) is 0.423. The Hall–Kier alpha value is -2.65. The summed E-state index contributed by atoms with van der Waals surface area (Å²) in [5.41, 5.74) is 2.14. The summed E-state index contributed by atoms with van der Waals surface area (Å²) in [6, 6.07) is 12.2. The van der Waals surface area contributed by atoms with E-state index < -0.39 is 0 Å². The Balaban J connectivity index is 1.62. The van der Waals surface area contributed by atoms with Crippen molar-refractivity contribution in [3.8, 4) is 11.4 Å². The lowest BCUT2D eigenvalue weighted by Crippen LogP contribution is -2.08. The van der Waals surface area contributed by atoms with Gasteiger partial charge in [-0.3, -0.25) is 4.57 Å². The minimum atomic E-state index is 0.641. The molecule has 0 unspecified atom stereocenters. The molecule has 0 aliphatic heterocycles. The van der Waals surface area contributed by atoms with Crippen LogP contribution in [0.1, 0.15) is 17.1 Å². The zero-order valence-corrected chi connectivity index (χ0v) is 17.5. The molecule has 0 saturated carbocycles. The zero-order chi connectivity index (χ0) is 19.5. The van der Waals surface area contributed by atoms with Crippen LogP contribution in [0.5, 0.6) is 0 Å². The molecule has 1 aromatic carbocycles. The second-order valence-electron chi connectivity index (χ2n) is 6.44. The molecular formula is C19H20N6OS2. The molecule has 0 aliphatic carbocycles. The number of furan rings is 1. The number of benzene rings is 1. The molecule has 0 fully saturated rings. The van der Waals surface area contributed by atoms with Gasteiger partial charge in [0.15, 0.2) is 16.8 Å². The van der Waals surface area contributed by atoms with Crippen molar-refractivity contribution >= 4 is 28.4 Å². The van der Waals surface area contributed by atoms with Crippen LogP contribution in [-0.2, 0) is 12.3 Å². The lowest BCUT2D eigenvalue weighted by Gasteiger charge is -2.09. The van der Waals surface area contributed by atoms with Crippen molar-refractivity contribution in [1.82, 2.24) is 24.1 Å². The largest absolute Gasteiger partial charge is 0.469 e. The third kappa shape index (κ3) is 3.95. The van der Waals surface area contributed by atoms with Crippen molar-refractivity contribution in [2.75, 3.05) is 19.0 Å². The standard InChI is InChI=1S/C19H20N6OS2/c1-13-15(9-10-26-13)17-21-22-19(25(17)11-14-7-5-4-6-8-14)27-12-16-20-18(24(2)3)28-23-16/h4-10H,11-12H2,1-3H3. The number of hydrogen-bond donors (Lipinski definition) is 0. The van der Waals surface area contributed by atoms with Gasteiger partial charge in [-0.2, -0.15) is 4.37 Å². The van der Waals surface area contributed by atoms with E-state index in [1.54, 1.807) is 18.0 Å². The third-order valence-electron chi connectivity index (χ3n) is 4.17. The highest BCUT2D eigenvalue weighted by Crippen LogP contribution is 2.29. The second kappa shape index (κ2) is 8.15. The summed E-state index contributed by atoms with van der Waals surface area (Å²) in [4.78, 5) is 6.51. The molecule has 0 saturated heterocycles. The molecule has 0 bridgehead atoms. The summed E-state index contributed by atoms with van der Waals surface area (Å²) in [5.74, 6) is 3.07. The van der Waals surface area contributed by atoms with Gasteiger partial charge < -0.3 is 9.32 Å². The van der Waals surface area contributed by atoms with E-state index >= 15 is 0 Å². The van der Waals surface area contributed by atoms with E-state index in [0.29, 0.717) is 12.3 Å². The SMILES string of the molecule is Cc1occc1-c1nnc(SCc2nsc(N(C)C)n2)n1Cc1ccccc1. The number of nitrogens with zero attached hydrogens (tertiary/aromatic N) is 6. The Morgan fingerprint density at radius 3 is 2.64 bits per heavy atom. The highest BCUT2D eigenvalue weighted by atomic mass is 32.2. The van der Waals surface area contributed by atoms with Crippen molar-refractivity contribution in [3.63, 3.8) is 0 Å². The van der Waals surface area contributed by atoms with E-state index in [1.807, 2.05) is 50.2 Å². The van der Waals surface area contributed by atoms with Crippen LogP contribution in [0.2, 0.25) is 0 Å². The number of aromatic nitrogens is 5. The summed E-state index contributed by atoms with van der Waals surface area (Å²) in [6.45, 7) is 2.62. The predicted molar refractivity (Wildman–Crippen MR) is 112 cm³/mol. The van der Waals surface area contributed by atoms with Gasteiger partial charge in [0.2, 0.25) is 5.13 Å². The number of aryl methyl sites for hydroxylation is 1. The minimum absolute atomic E-state index is 0.641. The average Bonchev–Trinajstić information content (AvgIpc) is 3.41. The Labute approximate surface area is 171 Å². The van der Waals surface area contributed by atoms with E-state index in [2.05, 4.69) is 36.3 Å². The maximum absolute atomic E-state index is 5.48. The van der Waals surface area contributed by atoms with Gasteiger partial charge in [0.05, 0.1) is 24.1 Å². The first-order chi connectivity index (χ1) is 13.6. The first-order valence-corrected chi connectivity index (χ1v) is 10.5. The van der Waals surface area contributed by atoms with Crippen molar-refractivity contribution < 1.29 is 4.42 Å². The fourth-order valence-corrected chi connectivity index (χ4v) is 4.21. The summed E-state index contributed by atoms with van der Waals surface area (Å²) >= 11 is 2.99. The zero-order valence-electron chi connectivity index (χ0n) is 15.9. The van der Waals surface area contributed by atoms with Crippen LogP contribution >= 0.6 is 23.3 Å². The van der Waals surface area contributed by atoms with Crippen LogP contribution in [-0.4, -0.2) is 38.2 Å². The van der Waals surface area contributed by atoms with Crippen molar-refractivity contribution in [2.24, 2.45) is 0 Å². The predicted octanol–water partition coefficient (Wildman–Crippen LogP) is 4.10. The van der Waals surface area contributed by atoms with Gasteiger partial charge >= 0.3 is 0 Å². The Bertz CT molecular complexity index is 1050. The lowest BCUT2D eigenvalue weighted by atomic mass is 10.2. The topological polar surface area (TPSA) is 72.9 Å². The lowest BCUT2D eigenvalue weighted by molar-refractivity contribution is 0.534. The Morgan fingerprint density at radius 2 is 1.96 bits per heavy atom. The van der Waals surface area contributed by atoms with Gasteiger partial charge in [0, 0.05) is 25.6 Å². The van der Waals surface area contributed by atoms with E-state index in [4.69, 9.17) is 4.42 Å². The molecule has 4 aromatic rings. The monoisotopic (exact) mass is 412 g/mol. The molecule has 0 atom stereocenters. The molecule has 0 amide bonds. The maximum Gasteiger partial charge on any atom is 0.204 e. The summed E-state index contributed by atoms with van der Waals surface area (Å²) in [5, 5.41) is 10.6. The number of rotatable bonds is 7. The molecule has 144 valence electrons. The van der Waals surface area contributed by atoms with Gasteiger partial charge in [-0.15, -0.1) is 10.2 Å². The van der Waals surface area contributed by atoms with E-state index in [-0.39, 0.29) is 0 Å². The Kier molecular flexibility index (Phi) is 5.45. The van der Waals surface area contributed by atoms with Gasteiger partial charge in [0.1, 0.15) is 5.76 Å². The summed E-state index contributed by atoms with van der Waals surface area (Å²) < 4.78 is 12.0. The van der Waals surface area contributed by atoms with Gasteiger partial charge in [-0.05, 0) is 18.6 Å². The first-order valence-electron chi connectivity index (χ1n) is 8.76. The molecule has 7 nitrogen and oxygen atoms in total. The van der Waals surface area contributed by atoms with Crippen LogP contribution in [0, 0.1) is 6.92 Å². The van der Waals surface area contributed by atoms with Crippen LogP contribution in [0.3, 0.4) is 0 Å². The molecule has 4 rings (SSSR count). The molecule has 0 spiro atoms. The molecule has 0 aliphatic rings. The molecular weight excluding hydrogens is 392 g/mol. The van der Waals surface area contributed by atoms with Gasteiger partial charge in [-0.25, -0.2) is 4.98 Å². The van der Waals surface area contributed by atoms with E-state index in [1.165, 1.54) is 17.1 Å². The normalized spacial score (nSPS) is 11.1. The second-order valence-corrected chi connectivity index (χ2v) is 8.12. The maximum atomic E-state index is 5.48. The average molecular weight is 413 g/mol. The van der Waals surface area contributed by atoms with Crippen LogP contribution in [0.25, 0.3) is 11.4 Å². The minimum Gasteiger partial charge on any atom is -0.469 e. The molecule has 3 aromatic heterocycles. The molecule has 0 radical (unpaired) electrons. The van der Waals surface area contributed by atoms with Crippen molar-refractivity contribution in [2.45, 2.75) is 24.4 Å². The molecule has 0 N–H and O–H groups in total. The van der Waals surface area contributed by atoms with Crippen molar-refractivity contribution in [3.05, 3.63) is 59.8 Å². The Morgan fingerprint density at radius 1 is 1.14 bits per heavy atom.